The van der Waals surface area contributed by atoms with Crippen molar-refractivity contribution in [1.29, 1.82) is 0 Å². The highest BCUT2D eigenvalue weighted by atomic mass is 16.3. The van der Waals surface area contributed by atoms with E-state index in [0.717, 1.165) is 5.56 Å². The Balaban J connectivity index is 2.85. The standard InChI is InChI=1S/C10H12N2O/c11-6-2-1-3-8-4-5-9(13)7-10(8)12/h4-5,7,13H,2,6,11-12H2. The van der Waals surface area contributed by atoms with Gasteiger partial charge in [-0.1, -0.05) is 11.8 Å². The molecule has 0 atom stereocenters. The summed E-state index contributed by atoms with van der Waals surface area (Å²) in [6.07, 6.45) is 0.653. The largest absolute Gasteiger partial charge is 0.508 e. The minimum atomic E-state index is 0.155. The molecule has 3 heteroatoms. The first kappa shape index (κ1) is 9.43. The zero-order chi connectivity index (χ0) is 9.68. The molecule has 68 valence electrons. The molecular formula is C10H12N2O. The first-order chi connectivity index (χ1) is 6.24. The predicted molar refractivity (Wildman–Crippen MR) is 53.1 cm³/mol. The van der Waals surface area contributed by atoms with Crippen molar-refractivity contribution in [2.24, 2.45) is 5.73 Å². The van der Waals surface area contributed by atoms with Gasteiger partial charge in [0.1, 0.15) is 5.75 Å². The van der Waals surface area contributed by atoms with Crippen molar-refractivity contribution in [3.8, 4) is 17.6 Å². The minimum Gasteiger partial charge on any atom is -0.508 e. The van der Waals surface area contributed by atoms with Crippen LogP contribution in [0.4, 0.5) is 5.69 Å². The molecule has 13 heavy (non-hydrogen) atoms. The number of nitrogens with two attached hydrogens (primary N) is 2. The van der Waals surface area contributed by atoms with Gasteiger partial charge in [-0.2, -0.15) is 0 Å². The molecule has 1 rings (SSSR count). The van der Waals surface area contributed by atoms with E-state index in [1.807, 2.05) is 0 Å². The van der Waals surface area contributed by atoms with Crippen LogP contribution in [0.15, 0.2) is 18.2 Å². The Bertz CT molecular complexity index is 350. The third kappa shape index (κ3) is 2.69. The Hall–Kier alpha value is -1.66. The van der Waals surface area contributed by atoms with Crippen molar-refractivity contribution in [2.45, 2.75) is 6.42 Å². The highest BCUT2D eigenvalue weighted by Crippen LogP contribution is 2.17. The van der Waals surface area contributed by atoms with Gasteiger partial charge < -0.3 is 16.6 Å². The molecular weight excluding hydrogens is 164 g/mol. The van der Waals surface area contributed by atoms with Gasteiger partial charge in [-0.15, -0.1) is 0 Å². The first-order valence-corrected chi connectivity index (χ1v) is 4.01. The number of anilines is 1. The van der Waals surface area contributed by atoms with Crippen LogP contribution in [-0.2, 0) is 0 Å². The van der Waals surface area contributed by atoms with E-state index in [1.54, 1.807) is 12.1 Å². The van der Waals surface area contributed by atoms with E-state index in [9.17, 15) is 0 Å². The number of benzene rings is 1. The summed E-state index contributed by atoms with van der Waals surface area (Å²) in [5, 5.41) is 9.06. The molecule has 0 fully saturated rings. The van der Waals surface area contributed by atoms with Crippen molar-refractivity contribution in [3.05, 3.63) is 23.8 Å². The lowest BCUT2D eigenvalue weighted by molar-refractivity contribution is 0.475. The summed E-state index contributed by atoms with van der Waals surface area (Å²) >= 11 is 0. The molecule has 0 bridgehead atoms. The molecule has 0 aliphatic heterocycles. The van der Waals surface area contributed by atoms with Crippen LogP contribution in [0.2, 0.25) is 0 Å². The number of hydrogen-bond acceptors (Lipinski definition) is 3. The fourth-order valence-electron chi connectivity index (χ4n) is 0.894. The van der Waals surface area contributed by atoms with Crippen LogP contribution in [0.25, 0.3) is 0 Å². The predicted octanol–water partition coefficient (Wildman–Crippen LogP) is 0.675. The normalized spacial score (nSPS) is 9.00. The molecule has 0 saturated heterocycles. The number of phenols is 1. The fourth-order valence-corrected chi connectivity index (χ4v) is 0.894. The van der Waals surface area contributed by atoms with E-state index in [4.69, 9.17) is 16.6 Å². The number of hydrogen-bond donors (Lipinski definition) is 3. The molecule has 0 spiro atoms. The number of aromatic hydroxyl groups is 1. The topological polar surface area (TPSA) is 72.3 Å². The van der Waals surface area contributed by atoms with Crippen LogP contribution >= 0.6 is 0 Å². The first-order valence-electron chi connectivity index (χ1n) is 4.01. The van der Waals surface area contributed by atoms with Crippen LogP contribution in [0.3, 0.4) is 0 Å². The molecule has 0 unspecified atom stereocenters. The average molecular weight is 176 g/mol. The van der Waals surface area contributed by atoms with Crippen molar-refractivity contribution in [3.63, 3.8) is 0 Å². The van der Waals surface area contributed by atoms with Gasteiger partial charge in [0.05, 0.1) is 5.69 Å². The van der Waals surface area contributed by atoms with E-state index >= 15 is 0 Å². The summed E-state index contributed by atoms with van der Waals surface area (Å²) in [4.78, 5) is 0. The van der Waals surface area contributed by atoms with Gasteiger partial charge in [0.2, 0.25) is 0 Å². The number of phenolic OH excluding ortho intramolecular Hbond substituents is 1. The SMILES string of the molecule is NCCC#Cc1ccc(O)cc1N. The Kier molecular flexibility index (Phi) is 3.18. The van der Waals surface area contributed by atoms with E-state index in [0.29, 0.717) is 18.7 Å². The second kappa shape index (κ2) is 4.39. The third-order valence-electron chi connectivity index (χ3n) is 1.53. The molecule has 5 N–H and O–H groups in total. The van der Waals surface area contributed by atoms with Crippen LogP contribution < -0.4 is 11.5 Å². The quantitative estimate of drug-likeness (QED) is 0.435. The van der Waals surface area contributed by atoms with E-state index in [2.05, 4.69) is 11.8 Å². The molecule has 0 aliphatic rings. The van der Waals surface area contributed by atoms with Gasteiger partial charge in [0.15, 0.2) is 0 Å². The van der Waals surface area contributed by atoms with Crippen LogP contribution in [-0.4, -0.2) is 11.7 Å². The smallest absolute Gasteiger partial charge is 0.117 e. The van der Waals surface area contributed by atoms with Gasteiger partial charge in [0.25, 0.3) is 0 Å². The minimum absolute atomic E-state index is 0.155. The second-order valence-electron chi connectivity index (χ2n) is 2.61. The van der Waals surface area contributed by atoms with Crippen molar-refractivity contribution in [2.75, 3.05) is 12.3 Å². The number of nitrogen functional groups attached to an aromatic ring is 1. The highest BCUT2D eigenvalue weighted by Gasteiger charge is 1.95. The lowest BCUT2D eigenvalue weighted by Gasteiger charge is -1.97. The highest BCUT2D eigenvalue weighted by molar-refractivity contribution is 5.58. The zero-order valence-corrected chi connectivity index (χ0v) is 7.25. The summed E-state index contributed by atoms with van der Waals surface area (Å²) in [5.74, 6) is 5.90. The summed E-state index contributed by atoms with van der Waals surface area (Å²) in [7, 11) is 0. The molecule has 3 nitrogen and oxygen atoms in total. The van der Waals surface area contributed by atoms with E-state index in [-0.39, 0.29) is 5.75 Å². The van der Waals surface area contributed by atoms with Gasteiger partial charge in [0, 0.05) is 24.6 Å². The maximum Gasteiger partial charge on any atom is 0.117 e. The summed E-state index contributed by atoms with van der Waals surface area (Å²) < 4.78 is 0. The molecule has 0 aliphatic carbocycles. The molecule has 1 aromatic carbocycles. The Morgan fingerprint density at radius 3 is 2.77 bits per heavy atom. The van der Waals surface area contributed by atoms with Gasteiger partial charge >= 0.3 is 0 Å². The van der Waals surface area contributed by atoms with Gasteiger partial charge in [-0.05, 0) is 12.1 Å². The van der Waals surface area contributed by atoms with Crippen LogP contribution in [0.1, 0.15) is 12.0 Å². The average Bonchev–Trinajstić information content (AvgIpc) is 2.09. The summed E-state index contributed by atoms with van der Waals surface area (Å²) in [6, 6.07) is 4.73. The zero-order valence-electron chi connectivity index (χ0n) is 7.25. The lowest BCUT2D eigenvalue weighted by Crippen LogP contribution is -1.95. The Morgan fingerprint density at radius 1 is 1.38 bits per heavy atom. The Labute approximate surface area is 77.4 Å². The second-order valence-corrected chi connectivity index (χ2v) is 2.61. The molecule has 1 aromatic rings. The van der Waals surface area contributed by atoms with Crippen molar-refractivity contribution >= 4 is 5.69 Å². The maximum atomic E-state index is 9.06. The maximum absolute atomic E-state index is 9.06. The van der Waals surface area contributed by atoms with E-state index in [1.165, 1.54) is 6.07 Å². The molecule has 0 radical (unpaired) electrons. The third-order valence-corrected chi connectivity index (χ3v) is 1.53. The molecule has 0 amide bonds. The lowest BCUT2D eigenvalue weighted by atomic mass is 10.2. The van der Waals surface area contributed by atoms with Gasteiger partial charge in [-0.25, -0.2) is 0 Å². The molecule has 0 saturated carbocycles. The van der Waals surface area contributed by atoms with Crippen LogP contribution in [0.5, 0.6) is 5.75 Å². The van der Waals surface area contributed by atoms with Crippen molar-refractivity contribution in [1.82, 2.24) is 0 Å². The fraction of sp³-hybridized carbons (Fsp3) is 0.200. The van der Waals surface area contributed by atoms with E-state index < -0.39 is 0 Å². The van der Waals surface area contributed by atoms with Crippen molar-refractivity contribution < 1.29 is 5.11 Å². The monoisotopic (exact) mass is 176 g/mol. The van der Waals surface area contributed by atoms with Crippen LogP contribution in [0, 0.1) is 11.8 Å². The van der Waals surface area contributed by atoms with Gasteiger partial charge in [-0.3, -0.25) is 0 Å². The molecule has 0 aromatic heterocycles. The summed E-state index contributed by atoms with van der Waals surface area (Å²) in [6.45, 7) is 0.547. The summed E-state index contributed by atoms with van der Waals surface area (Å²) in [5.41, 5.74) is 12.1. The number of rotatable bonds is 1. The Morgan fingerprint density at radius 2 is 2.15 bits per heavy atom. The molecule has 0 heterocycles.